The molecule has 1 N–H and O–H groups in total. The predicted molar refractivity (Wildman–Crippen MR) is 166 cm³/mol. The van der Waals surface area contributed by atoms with Crippen LogP contribution in [0.25, 0.3) is 32.2 Å². The van der Waals surface area contributed by atoms with E-state index >= 15 is 0 Å². The van der Waals surface area contributed by atoms with Crippen LogP contribution < -0.4 is 10.1 Å². The summed E-state index contributed by atoms with van der Waals surface area (Å²) in [5.74, 6) is 1.61. The van der Waals surface area contributed by atoms with Gasteiger partial charge in [-0.15, -0.1) is 11.3 Å². The Labute approximate surface area is 244 Å². The van der Waals surface area contributed by atoms with Crippen LogP contribution in [0, 0.1) is 0 Å². The first kappa shape index (κ1) is 26.2. The van der Waals surface area contributed by atoms with E-state index in [9.17, 15) is 4.79 Å². The summed E-state index contributed by atoms with van der Waals surface area (Å²) >= 11 is 4.39. The lowest BCUT2D eigenvalue weighted by molar-refractivity contribution is -0.113. The summed E-state index contributed by atoms with van der Waals surface area (Å²) < 4.78 is 11.6. The smallest absolute Gasteiger partial charge is 0.234 e. The SMILES string of the molecule is COc1ccc(-c2nsc(SCC(=O)Nc3ccc(Cc4ccccc4-c4nc5ccccc5s4)cc3)n2)cc1. The van der Waals surface area contributed by atoms with Gasteiger partial charge >= 0.3 is 0 Å². The van der Waals surface area contributed by atoms with Crippen LogP contribution in [0.1, 0.15) is 11.1 Å². The number of hydrogen-bond donors (Lipinski definition) is 1. The maximum atomic E-state index is 12.6. The summed E-state index contributed by atoms with van der Waals surface area (Å²) in [4.78, 5) is 22.0. The van der Waals surface area contributed by atoms with Gasteiger partial charge in [0.1, 0.15) is 10.8 Å². The second-order valence-electron chi connectivity index (χ2n) is 8.97. The molecule has 0 saturated heterocycles. The highest BCUT2D eigenvalue weighted by Gasteiger charge is 2.12. The van der Waals surface area contributed by atoms with Crippen LogP contribution in [0.2, 0.25) is 0 Å². The maximum absolute atomic E-state index is 12.6. The number of fused-ring (bicyclic) bond motifs is 1. The first-order chi connectivity index (χ1) is 19.6. The highest BCUT2D eigenvalue weighted by molar-refractivity contribution is 8.01. The van der Waals surface area contributed by atoms with Gasteiger partial charge < -0.3 is 10.1 Å². The molecule has 6 aromatic rings. The fraction of sp³-hybridized carbons (Fsp3) is 0.0968. The number of benzene rings is 4. The molecule has 2 heterocycles. The highest BCUT2D eigenvalue weighted by atomic mass is 32.2. The number of thioether (sulfide) groups is 1. The Kier molecular flexibility index (Phi) is 7.85. The van der Waals surface area contributed by atoms with Gasteiger partial charge in [0.15, 0.2) is 10.2 Å². The number of nitrogens with zero attached hydrogens (tertiary/aromatic N) is 3. The van der Waals surface area contributed by atoms with E-state index in [1.54, 1.807) is 18.4 Å². The highest BCUT2D eigenvalue weighted by Crippen LogP contribution is 2.33. The number of nitrogens with one attached hydrogen (secondary N) is 1. The van der Waals surface area contributed by atoms with Crippen LogP contribution in [0.5, 0.6) is 5.75 Å². The topological polar surface area (TPSA) is 77.0 Å². The Morgan fingerprint density at radius 3 is 2.48 bits per heavy atom. The average molecular weight is 581 g/mol. The van der Waals surface area contributed by atoms with E-state index in [0.717, 1.165) is 43.8 Å². The molecule has 4 aromatic carbocycles. The zero-order valence-corrected chi connectivity index (χ0v) is 24.0. The van der Waals surface area contributed by atoms with Crippen LogP contribution in [0.15, 0.2) is 101 Å². The van der Waals surface area contributed by atoms with Gasteiger partial charge in [0.2, 0.25) is 5.91 Å². The van der Waals surface area contributed by atoms with Crippen molar-refractivity contribution in [3.8, 4) is 27.7 Å². The normalized spacial score (nSPS) is 11.0. The number of anilines is 1. The molecular weight excluding hydrogens is 557 g/mol. The molecular formula is C31H24N4O2S3. The second-order valence-corrected chi connectivity index (χ2v) is 12.0. The number of hydrogen-bond acceptors (Lipinski definition) is 8. The van der Waals surface area contributed by atoms with Gasteiger partial charge in [-0.3, -0.25) is 4.79 Å². The van der Waals surface area contributed by atoms with E-state index in [1.165, 1.54) is 39.1 Å². The Balaban J connectivity index is 1.05. The molecule has 0 bridgehead atoms. The molecule has 0 saturated carbocycles. The van der Waals surface area contributed by atoms with Crippen molar-refractivity contribution >= 4 is 56.4 Å². The second kappa shape index (κ2) is 12.0. The molecule has 0 aliphatic rings. The fourth-order valence-corrected chi connectivity index (χ4v) is 6.69. The van der Waals surface area contributed by atoms with Crippen molar-refractivity contribution in [1.29, 1.82) is 0 Å². The molecule has 0 aliphatic carbocycles. The first-order valence-electron chi connectivity index (χ1n) is 12.6. The lowest BCUT2D eigenvalue weighted by Crippen LogP contribution is -2.13. The van der Waals surface area contributed by atoms with E-state index in [-0.39, 0.29) is 11.7 Å². The van der Waals surface area contributed by atoms with Gasteiger partial charge in [0.05, 0.1) is 23.1 Å². The Hall–Kier alpha value is -4.05. The first-order valence-corrected chi connectivity index (χ1v) is 15.2. The van der Waals surface area contributed by atoms with Gasteiger partial charge in [-0.2, -0.15) is 4.37 Å². The van der Waals surface area contributed by atoms with Crippen molar-refractivity contribution < 1.29 is 9.53 Å². The van der Waals surface area contributed by atoms with Gasteiger partial charge in [0.25, 0.3) is 0 Å². The van der Waals surface area contributed by atoms with Crippen LogP contribution in [-0.2, 0) is 11.2 Å². The number of methoxy groups -OCH3 is 1. The number of thiazole rings is 1. The molecule has 0 spiro atoms. The van der Waals surface area contributed by atoms with Gasteiger partial charge in [-0.1, -0.05) is 60.3 Å². The van der Waals surface area contributed by atoms with Crippen molar-refractivity contribution in [3.05, 3.63) is 108 Å². The number of aromatic nitrogens is 3. The van der Waals surface area contributed by atoms with Crippen LogP contribution >= 0.6 is 34.6 Å². The zero-order chi connectivity index (χ0) is 27.3. The maximum Gasteiger partial charge on any atom is 0.234 e. The molecule has 0 aliphatic heterocycles. The molecule has 0 fully saturated rings. The summed E-state index contributed by atoms with van der Waals surface area (Å²) in [5, 5.41) is 4.01. The quantitative estimate of drug-likeness (QED) is 0.176. The molecule has 40 heavy (non-hydrogen) atoms. The molecule has 0 unspecified atom stereocenters. The van der Waals surface area contributed by atoms with E-state index in [0.29, 0.717) is 5.82 Å². The number of amides is 1. The minimum absolute atomic E-state index is 0.0832. The number of rotatable bonds is 9. The van der Waals surface area contributed by atoms with E-state index in [1.807, 2.05) is 48.5 Å². The van der Waals surface area contributed by atoms with Gasteiger partial charge in [0, 0.05) is 16.8 Å². The summed E-state index contributed by atoms with van der Waals surface area (Å²) in [5.41, 5.74) is 6.26. The largest absolute Gasteiger partial charge is 0.497 e. The van der Waals surface area contributed by atoms with Crippen molar-refractivity contribution in [2.75, 3.05) is 18.2 Å². The standard InChI is InChI=1S/C31H24N4O2S3/c1-37-24-16-12-21(13-17-24)29-34-31(40-35-29)38-19-28(36)32-23-14-10-20(11-15-23)18-22-6-2-3-7-25(22)30-33-26-8-4-5-9-27(26)39-30/h2-17H,18-19H2,1H3,(H,32,36). The van der Waals surface area contributed by atoms with Gasteiger partial charge in [-0.05, 0) is 77.6 Å². The summed E-state index contributed by atoms with van der Waals surface area (Å²) in [7, 11) is 1.64. The fourth-order valence-electron chi connectivity index (χ4n) is 4.25. The molecule has 2 aromatic heterocycles. The van der Waals surface area contributed by atoms with Crippen molar-refractivity contribution in [1.82, 2.24) is 14.3 Å². The Bertz CT molecular complexity index is 1730. The van der Waals surface area contributed by atoms with Crippen LogP contribution in [0.4, 0.5) is 5.69 Å². The number of carbonyl (C=O) groups excluding carboxylic acids is 1. The minimum Gasteiger partial charge on any atom is -0.497 e. The van der Waals surface area contributed by atoms with Gasteiger partial charge in [-0.25, -0.2) is 9.97 Å². The van der Waals surface area contributed by atoms with Crippen molar-refractivity contribution in [2.24, 2.45) is 0 Å². The molecule has 198 valence electrons. The zero-order valence-electron chi connectivity index (χ0n) is 21.5. The Morgan fingerprint density at radius 2 is 1.68 bits per heavy atom. The lowest BCUT2D eigenvalue weighted by Gasteiger charge is -2.09. The van der Waals surface area contributed by atoms with Crippen LogP contribution in [0.3, 0.4) is 0 Å². The van der Waals surface area contributed by atoms with Crippen molar-refractivity contribution in [2.45, 2.75) is 10.8 Å². The Morgan fingerprint density at radius 1 is 0.900 bits per heavy atom. The third-order valence-corrected chi connectivity index (χ3v) is 9.16. The molecule has 6 nitrogen and oxygen atoms in total. The summed E-state index contributed by atoms with van der Waals surface area (Å²) in [6.07, 6.45) is 0.782. The van der Waals surface area contributed by atoms with E-state index < -0.39 is 0 Å². The van der Waals surface area contributed by atoms with Crippen LogP contribution in [-0.4, -0.2) is 33.1 Å². The molecule has 0 radical (unpaired) electrons. The summed E-state index contributed by atoms with van der Waals surface area (Å²) in [6.45, 7) is 0. The third kappa shape index (κ3) is 6.07. The van der Waals surface area contributed by atoms with E-state index in [4.69, 9.17) is 9.72 Å². The number of ether oxygens (including phenoxy) is 1. The molecule has 9 heteroatoms. The monoisotopic (exact) mass is 580 g/mol. The average Bonchev–Trinajstić information content (AvgIpc) is 3.65. The number of para-hydroxylation sites is 1. The minimum atomic E-state index is -0.0832. The third-order valence-electron chi connectivity index (χ3n) is 6.26. The predicted octanol–water partition coefficient (Wildman–Crippen LogP) is 7.81. The molecule has 0 atom stereocenters. The van der Waals surface area contributed by atoms with E-state index in [2.05, 4.69) is 63.2 Å². The van der Waals surface area contributed by atoms with Crippen molar-refractivity contribution in [3.63, 3.8) is 0 Å². The molecule has 1 amide bonds. The lowest BCUT2D eigenvalue weighted by atomic mass is 10.00. The number of carbonyl (C=O) groups is 1. The molecule has 6 rings (SSSR count). The summed E-state index contributed by atoms with van der Waals surface area (Å²) in [6, 6.07) is 32.3.